The van der Waals surface area contributed by atoms with Crippen molar-refractivity contribution in [2.24, 2.45) is 17.8 Å². The van der Waals surface area contributed by atoms with Gasteiger partial charge in [-0.2, -0.15) is 0 Å². The SMILES string of the molecule is O=C(NC1Cc2ccccc2C1)[C@H]1[C@H](CO)[C@H]2Cn3c(ccc(C4=CCCCC4)c3=O)[C@@H]1N2CC1CC1. The van der Waals surface area contributed by atoms with E-state index in [-0.39, 0.29) is 48.0 Å². The molecule has 2 fully saturated rings. The second-order valence-corrected chi connectivity index (χ2v) is 12.0. The zero-order valence-electron chi connectivity index (χ0n) is 21.4. The second kappa shape index (κ2) is 9.25. The van der Waals surface area contributed by atoms with Crippen molar-refractivity contribution in [1.82, 2.24) is 14.8 Å². The van der Waals surface area contributed by atoms with E-state index in [1.54, 1.807) is 0 Å². The van der Waals surface area contributed by atoms with E-state index in [0.29, 0.717) is 12.5 Å². The Labute approximate surface area is 218 Å². The van der Waals surface area contributed by atoms with Crippen LogP contribution < -0.4 is 10.9 Å². The third kappa shape index (κ3) is 4.00. The van der Waals surface area contributed by atoms with Gasteiger partial charge in [0, 0.05) is 49.0 Å². The van der Waals surface area contributed by atoms with Crippen molar-refractivity contribution in [3.8, 4) is 0 Å². The number of fused-ring (bicyclic) bond motifs is 5. The minimum atomic E-state index is -0.356. The summed E-state index contributed by atoms with van der Waals surface area (Å²) in [7, 11) is 0. The average molecular weight is 500 g/mol. The molecule has 0 unspecified atom stereocenters. The van der Waals surface area contributed by atoms with Crippen LogP contribution in [0.25, 0.3) is 5.57 Å². The molecule has 6 nitrogen and oxygen atoms in total. The topological polar surface area (TPSA) is 74.6 Å². The molecule has 3 heterocycles. The van der Waals surface area contributed by atoms with Crippen LogP contribution in [0.4, 0.5) is 0 Å². The van der Waals surface area contributed by atoms with Gasteiger partial charge in [0.1, 0.15) is 0 Å². The fourth-order valence-electron chi connectivity index (χ4n) is 7.66. The summed E-state index contributed by atoms with van der Waals surface area (Å²) >= 11 is 0. The number of aromatic nitrogens is 1. The van der Waals surface area contributed by atoms with Gasteiger partial charge in [-0.25, -0.2) is 0 Å². The Balaban J connectivity index is 1.23. The van der Waals surface area contributed by atoms with Gasteiger partial charge in [-0.15, -0.1) is 0 Å². The lowest BCUT2D eigenvalue weighted by molar-refractivity contribution is -0.128. The highest BCUT2D eigenvalue weighted by Gasteiger charge is 2.56. The highest BCUT2D eigenvalue weighted by Crippen LogP contribution is 2.50. The number of carbonyl (C=O) groups is 1. The van der Waals surface area contributed by atoms with E-state index >= 15 is 0 Å². The molecule has 1 saturated heterocycles. The lowest BCUT2D eigenvalue weighted by Gasteiger charge is -2.38. The molecule has 2 N–H and O–H groups in total. The minimum absolute atomic E-state index is 0.00732. The quantitative estimate of drug-likeness (QED) is 0.639. The number of nitrogens with one attached hydrogen (secondary N) is 1. The van der Waals surface area contributed by atoms with Gasteiger partial charge in [-0.3, -0.25) is 14.5 Å². The zero-order valence-corrected chi connectivity index (χ0v) is 21.4. The van der Waals surface area contributed by atoms with Crippen LogP contribution in [-0.2, 0) is 24.2 Å². The first-order chi connectivity index (χ1) is 18.1. The van der Waals surface area contributed by atoms with Crippen molar-refractivity contribution in [3.63, 3.8) is 0 Å². The Morgan fingerprint density at radius 1 is 1.05 bits per heavy atom. The Morgan fingerprint density at radius 2 is 1.84 bits per heavy atom. The summed E-state index contributed by atoms with van der Waals surface area (Å²) in [6.07, 6.45) is 10.7. The van der Waals surface area contributed by atoms with Gasteiger partial charge in [0.25, 0.3) is 5.56 Å². The molecule has 7 rings (SSSR count). The lowest BCUT2D eigenvalue weighted by Crippen LogP contribution is -2.47. The van der Waals surface area contributed by atoms with Crippen molar-refractivity contribution in [3.05, 3.63) is 75.2 Å². The Bertz CT molecular complexity index is 1280. The first kappa shape index (κ1) is 23.4. The fraction of sp³-hybridized carbons (Fsp3) is 0.548. The van der Waals surface area contributed by atoms with E-state index < -0.39 is 0 Å². The second-order valence-electron chi connectivity index (χ2n) is 12.0. The van der Waals surface area contributed by atoms with Gasteiger partial charge in [0.15, 0.2) is 0 Å². The summed E-state index contributed by atoms with van der Waals surface area (Å²) in [5, 5.41) is 14.0. The maximum absolute atomic E-state index is 14.0. The normalized spacial score (nSPS) is 29.1. The minimum Gasteiger partial charge on any atom is -0.396 e. The van der Waals surface area contributed by atoms with Gasteiger partial charge in [-0.05, 0) is 86.1 Å². The molecular formula is C31H37N3O3. The molecule has 4 atom stereocenters. The smallest absolute Gasteiger partial charge is 0.258 e. The molecule has 1 aromatic carbocycles. The number of allylic oxidation sites excluding steroid dienone is 2. The number of nitrogens with zero attached hydrogens (tertiary/aromatic N) is 2. The van der Waals surface area contributed by atoms with Crippen molar-refractivity contribution in [2.45, 2.75) is 76.0 Å². The first-order valence-corrected chi connectivity index (χ1v) is 14.3. The lowest BCUT2D eigenvalue weighted by atomic mass is 9.86. The van der Waals surface area contributed by atoms with E-state index in [9.17, 15) is 14.7 Å². The van der Waals surface area contributed by atoms with Crippen LogP contribution in [0.1, 0.15) is 67.0 Å². The van der Waals surface area contributed by atoms with E-state index in [1.165, 1.54) is 36.0 Å². The highest BCUT2D eigenvalue weighted by molar-refractivity contribution is 5.81. The Kier molecular flexibility index (Phi) is 5.85. The van der Waals surface area contributed by atoms with Gasteiger partial charge in [0.05, 0.1) is 12.0 Å². The molecule has 194 valence electrons. The van der Waals surface area contributed by atoms with E-state index in [4.69, 9.17) is 0 Å². The highest BCUT2D eigenvalue weighted by atomic mass is 16.3. The Morgan fingerprint density at radius 3 is 2.51 bits per heavy atom. The number of hydrogen-bond acceptors (Lipinski definition) is 4. The summed E-state index contributed by atoms with van der Waals surface area (Å²) < 4.78 is 1.95. The summed E-state index contributed by atoms with van der Waals surface area (Å²) in [4.78, 5) is 30.2. The van der Waals surface area contributed by atoms with Crippen LogP contribution in [0, 0.1) is 17.8 Å². The summed E-state index contributed by atoms with van der Waals surface area (Å²) in [6, 6.07) is 12.5. The standard InChI is InChI=1S/C31H37N3O3/c35-18-25-27-17-34-26(13-12-24(31(34)37)20-6-2-1-3-7-20)29(33(27)16-19-10-11-19)28(25)30(36)32-23-14-21-8-4-5-9-22(21)15-23/h4-6,8-9,12-13,19,23,25,27-29,35H,1-3,7,10-11,14-18H2,(H,32,36)/t25-,27-,28+,29+/m1/s1. The number of benzene rings is 1. The van der Waals surface area contributed by atoms with Gasteiger partial charge in [0.2, 0.25) is 5.91 Å². The molecule has 1 aromatic heterocycles. The van der Waals surface area contributed by atoms with Gasteiger partial charge >= 0.3 is 0 Å². The number of pyridine rings is 1. The van der Waals surface area contributed by atoms with Crippen molar-refractivity contribution in [1.29, 1.82) is 0 Å². The molecule has 3 aliphatic carbocycles. The molecule has 0 radical (unpaired) electrons. The van der Waals surface area contributed by atoms with Crippen LogP contribution in [0.5, 0.6) is 0 Å². The van der Waals surface area contributed by atoms with Gasteiger partial charge < -0.3 is 15.0 Å². The molecule has 2 aliphatic heterocycles. The molecule has 2 bridgehead atoms. The molecule has 1 amide bonds. The molecule has 0 spiro atoms. The number of carbonyl (C=O) groups excluding carboxylic acids is 1. The predicted molar refractivity (Wildman–Crippen MR) is 143 cm³/mol. The average Bonchev–Trinajstić information content (AvgIpc) is 3.59. The molecule has 6 heteroatoms. The van der Waals surface area contributed by atoms with E-state index in [2.05, 4.69) is 46.6 Å². The third-order valence-corrected chi connectivity index (χ3v) is 9.67. The van der Waals surface area contributed by atoms with E-state index in [1.807, 2.05) is 10.6 Å². The largest absolute Gasteiger partial charge is 0.396 e. The number of rotatable bonds is 6. The predicted octanol–water partition coefficient (Wildman–Crippen LogP) is 3.46. The Hall–Kier alpha value is -2.70. The zero-order chi connectivity index (χ0) is 25.1. The maximum Gasteiger partial charge on any atom is 0.258 e. The molecule has 1 saturated carbocycles. The number of aliphatic hydroxyl groups excluding tert-OH is 1. The van der Waals surface area contributed by atoms with Crippen LogP contribution in [0.15, 0.2) is 47.3 Å². The molecule has 5 aliphatic rings. The molecule has 2 aromatic rings. The van der Waals surface area contributed by atoms with Crippen molar-refractivity contribution >= 4 is 11.5 Å². The van der Waals surface area contributed by atoms with Crippen LogP contribution in [0.3, 0.4) is 0 Å². The number of aliphatic hydroxyl groups is 1. The van der Waals surface area contributed by atoms with E-state index in [0.717, 1.165) is 49.9 Å². The van der Waals surface area contributed by atoms with Crippen molar-refractivity contribution < 1.29 is 9.90 Å². The maximum atomic E-state index is 14.0. The number of amides is 1. The molecular weight excluding hydrogens is 462 g/mol. The van der Waals surface area contributed by atoms with Crippen LogP contribution in [-0.4, -0.2) is 45.7 Å². The summed E-state index contributed by atoms with van der Waals surface area (Å²) in [5.74, 6) is 0.167. The van der Waals surface area contributed by atoms with Crippen molar-refractivity contribution in [2.75, 3.05) is 13.2 Å². The first-order valence-electron chi connectivity index (χ1n) is 14.3. The van der Waals surface area contributed by atoms with Crippen LogP contribution >= 0.6 is 0 Å². The van der Waals surface area contributed by atoms with Crippen LogP contribution in [0.2, 0.25) is 0 Å². The monoisotopic (exact) mass is 499 g/mol. The van der Waals surface area contributed by atoms with Gasteiger partial charge in [-0.1, -0.05) is 30.3 Å². The molecule has 37 heavy (non-hydrogen) atoms. The third-order valence-electron chi connectivity index (χ3n) is 9.67. The number of hydrogen-bond donors (Lipinski definition) is 2. The fourth-order valence-corrected chi connectivity index (χ4v) is 7.66. The summed E-state index contributed by atoms with van der Waals surface area (Å²) in [5.41, 5.74) is 5.66. The summed E-state index contributed by atoms with van der Waals surface area (Å²) in [6.45, 7) is 1.47.